The number of benzene rings is 1. The summed E-state index contributed by atoms with van der Waals surface area (Å²) < 4.78 is 5.49. The monoisotopic (exact) mass is 255 g/mol. The lowest BCUT2D eigenvalue weighted by atomic mass is 9.96. The number of rotatable bonds is 3. The molecule has 3 nitrogen and oxygen atoms in total. The van der Waals surface area contributed by atoms with E-state index in [4.69, 9.17) is 4.42 Å². The minimum atomic E-state index is 0.396. The van der Waals surface area contributed by atoms with E-state index in [0.29, 0.717) is 18.3 Å². The van der Waals surface area contributed by atoms with E-state index in [1.54, 1.807) is 6.07 Å². The minimum Gasteiger partial charge on any atom is -0.456 e. The van der Waals surface area contributed by atoms with E-state index in [-0.39, 0.29) is 0 Å². The van der Waals surface area contributed by atoms with E-state index >= 15 is 0 Å². The number of hydrogen-bond acceptors (Lipinski definition) is 3. The molecular formula is C16H17NO2. The fourth-order valence-corrected chi connectivity index (χ4v) is 2.71. The number of carbonyl (C=O) groups excluding carboxylic acids is 1. The second-order valence-electron chi connectivity index (χ2n) is 5.07. The molecule has 0 spiro atoms. The van der Waals surface area contributed by atoms with Crippen LogP contribution in [0.25, 0.3) is 0 Å². The van der Waals surface area contributed by atoms with Crippen molar-refractivity contribution >= 4 is 12.0 Å². The summed E-state index contributed by atoms with van der Waals surface area (Å²) in [5, 5.41) is 0. The molecule has 1 aliphatic heterocycles. The molecule has 0 amide bonds. The Hall–Kier alpha value is -2.03. The molecule has 0 saturated carbocycles. The molecule has 1 aromatic heterocycles. The maximum absolute atomic E-state index is 10.7. The molecule has 3 rings (SSSR count). The zero-order chi connectivity index (χ0) is 13.2. The Labute approximate surface area is 112 Å². The van der Waals surface area contributed by atoms with Crippen LogP contribution in [-0.4, -0.2) is 12.3 Å². The predicted molar refractivity (Wildman–Crippen MR) is 74.5 cm³/mol. The fourth-order valence-electron chi connectivity index (χ4n) is 2.71. The molecule has 1 aromatic carbocycles. The molecule has 0 aliphatic carbocycles. The average molecular weight is 255 g/mol. The van der Waals surface area contributed by atoms with Gasteiger partial charge in [-0.25, -0.2) is 0 Å². The van der Waals surface area contributed by atoms with Crippen LogP contribution in [0.4, 0.5) is 5.69 Å². The highest BCUT2D eigenvalue weighted by atomic mass is 16.3. The minimum absolute atomic E-state index is 0.396. The summed E-state index contributed by atoms with van der Waals surface area (Å²) in [4.78, 5) is 13.0. The molecule has 2 aromatic rings. The first kappa shape index (κ1) is 12.0. The van der Waals surface area contributed by atoms with Gasteiger partial charge in [0.15, 0.2) is 12.0 Å². The number of aryl methyl sites for hydroxylation is 1. The van der Waals surface area contributed by atoms with Gasteiger partial charge in [-0.3, -0.25) is 4.79 Å². The first-order valence-electron chi connectivity index (χ1n) is 6.66. The van der Waals surface area contributed by atoms with Crippen molar-refractivity contribution in [3.8, 4) is 0 Å². The van der Waals surface area contributed by atoms with Gasteiger partial charge in [0, 0.05) is 11.7 Å². The SMILES string of the molecule is CC1CCc2ccccc2N1Cc1ccc(C=O)o1. The lowest BCUT2D eigenvalue weighted by molar-refractivity contribution is 0.109. The van der Waals surface area contributed by atoms with Crippen LogP contribution in [0.15, 0.2) is 40.8 Å². The van der Waals surface area contributed by atoms with Crippen LogP contribution in [-0.2, 0) is 13.0 Å². The molecule has 19 heavy (non-hydrogen) atoms. The Morgan fingerprint density at radius 1 is 1.32 bits per heavy atom. The highest BCUT2D eigenvalue weighted by molar-refractivity contribution is 5.70. The van der Waals surface area contributed by atoms with Gasteiger partial charge in [-0.15, -0.1) is 0 Å². The first-order chi connectivity index (χ1) is 9.28. The lowest BCUT2D eigenvalue weighted by Gasteiger charge is -2.36. The second-order valence-corrected chi connectivity index (χ2v) is 5.07. The summed E-state index contributed by atoms with van der Waals surface area (Å²) >= 11 is 0. The Balaban J connectivity index is 1.89. The Bertz CT molecular complexity index is 588. The molecule has 3 heteroatoms. The Kier molecular flexibility index (Phi) is 3.11. The van der Waals surface area contributed by atoms with E-state index in [9.17, 15) is 4.79 Å². The number of para-hydroxylation sites is 1. The lowest BCUT2D eigenvalue weighted by Crippen LogP contribution is -2.36. The smallest absolute Gasteiger partial charge is 0.185 e. The molecule has 0 saturated heterocycles. The maximum Gasteiger partial charge on any atom is 0.185 e. The summed E-state index contributed by atoms with van der Waals surface area (Å²) in [5.74, 6) is 1.23. The third kappa shape index (κ3) is 2.28. The summed E-state index contributed by atoms with van der Waals surface area (Å²) in [7, 11) is 0. The van der Waals surface area contributed by atoms with Crippen LogP contribution in [0.3, 0.4) is 0 Å². The van der Waals surface area contributed by atoms with Gasteiger partial charge < -0.3 is 9.32 Å². The van der Waals surface area contributed by atoms with Gasteiger partial charge in [0.1, 0.15) is 5.76 Å². The van der Waals surface area contributed by atoms with E-state index in [1.165, 1.54) is 11.3 Å². The largest absolute Gasteiger partial charge is 0.456 e. The number of anilines is 1. The number of carbonyl (C=O) groups is 1. The summed E-state index contributed by atoms with van der Waals surface area (Å²) in [6.45, 7) is 2.95. The van der Waals surface area contributed by atoms with Gasteiger partial charge in [-0.2, -0.15) is 0 Å². The second kappa shape index (κ2) is 4.92. The molecule has 98 valence electrons. The van der Waals surface area contributed by atoms with Crippen LogP contribution >= 0.6 is 0 Å². The molecule has 1 atom stereocenters. The molecular weight excluding hydrogens is 238 g/mol. The van der Waals surface area contributed by atoms with Crippen LogP contribution in [0.2, 0.25) is 0 Å². The highest BCUT2D eigenvalue weighted by Crippen LogP contribution is 2.31. The highest BCUT2D eigenvalue weighted by Gasteiger charge is 2.23. The Morgan fingerprint density at radius 2 is 2.16 bits per heavy atom. The van der Waals surface area contributed by atoms with Crippen LogP contribution in [0.1, 0.15) is 35.2 Å². The zero-order valence-corrected chi connectivity index (χ0v) is 11.0. The Morgan fingerprint density at radius 3 is 2.95 bits per heavy atom. The first-order valence-corrected chi connectivity index (χ1v) is 6.66. The zero-order valence-electron chi connectivity index (χ0n) is 11.0. The number of hydrogen-bond donors (Lipinski definition) is 0. The summed E-state index contributed by atoms with van der Waals surface area (Å²) in [5.41, 5.74) is 2.67. The third-order valence-corrected chi connectivity index (χ3v) is 3.79. The summed E-state index contributed by atoms with van der Waals surface area (Å²) in [6, 6.07) is 12.6. The summed E-state index contributed by atoms with van der Waals surface area (Å²) in [6.07, 6.45) is 3.03. The van der Waals surface area contributed by atoms with Gasteiger partial charge in [0.25, 0.3) is 0 Å². The molecule has 1 unspecified atom stereocenters. The molecule has 1 aliphatic rings. The molecule has 2 heterocycles. The topological polar surface area (TPSA) is 33.5 Å². The van der Waals surface area contributed by atoms with Crippen LogP contribution in [0.5, 0.6) is 0 Å². The van der Waals surface area contributed by atoms with Crippen molar-refractivity contribution in [3.05, 3.63) is 53.5 Å². The van der Waals surface area contributed by atoms with Crippen LogP contribution < -0.4 is 4.90 Å². The van der Waals surface area contributed by atoms with Gasteiger partial charge >= 0.3 is 0 Å². The third-order valence-electron chi connectivity index (χ3n) is 3.79. The van der Waals surface area contributed by atoms with Gasteiger partial charge in [0.2, 0.25) is 0 Å². The quantitative estimate of drug-likeness (QED) is 0.788. The van der Waals surface area contributed by atoms with E-state index in [2.05, 4.69) is 36.1 Å². The van der Waals surface area contributed by atoms with Gasteiger partial charge in [-0.05, 0) is 43.5 Å². The van der Waals surface area contributed by atoms with E-state index in [1.807, 2.05) is 6.07 Å². The van der Waals surface area contributed by atoms with Gasteiger partial charge in [-0.1, -0.05) is 18.2 Å². The maximum atomic E-state index is 10.7. The molecule has 0 fully saturated rings. The standard InChI is InChI=1S/C16H17NO2/c1-12-6-7-13-4-2-3-5-16(13)17(12)10-14-8-9-15(11-18)19-14/h2-5,8-9,11-12H,6-7,10H2,1H3. The molecule has 0 N–H and O–H groups in total. The van der Waals surface area contributed by atoms with Crippen molar-refractivity contribution in [2.45, 2.75) is 32.4 Å². The van der Waals surface area contributed by atoms with Crippen molar-refractivity contribution in [1.82, 2.24) is 0 Å². The average Bonchev–Trinajstić information content (AvgIpc) is 2.90. The molecule has 0 bridgehead atoms. The van der Waals surface area contributed by atoms with Crippen LogP contribution in [0, 0.1) is 0 Å². The molecule has 0 radical (unpaired) electrons. The van der Waals surface area contributed by atoms with Crippen molar-refractivity contribution in [2.75, 3.05) is 4.90 Å². The van der Waals surface area contributed by atoms with E-state index in [0.717, 1.165) is 24.9 Å². The van der Waals surface area contributed by atoms with Crippen molar-refractivity contribution < 1.29 is 9.21 Å². The number of furan rings is 1. The van der Waals surface area contributed by atoms with Crippen molar-refractivity contribution in [2.24, 2.45) is 0 Å². The van der Waals surface area contributed by atoms with Gasteiger partial charge in [0.05, 0.1) is 6.54 Å². The number of aldehydes is 1. The predicted octanol–water partition coefficient (Wildman–Crippen LogP) is 3.43. The fraction of sp³-hybridized carbons (Fsp3) is 0.312. The van der Waals surface area contributed by atoms with E-state index < -0.39 is 0 Å². The number of nitrogens with zero attached hydrogens (tertiary/aromatic N) is 1. The normalized spacial score (nSPS) is 18.2. The number of fused-ring (bicyclic) bond motifs is 1. The van der Waals surface area contributed by atoms with Crippen molar-refractivity contribution in [1.29, 1.82) is 0 Å². The van der Waals surface area contributed by atoms with Crippen molar-refractivity contribution in [3.63, 3.8) is 0 Å².